The third kappa shape index (κ3) is 8.13. The van der Waals surface area contributed by atoms with E-state index in [9.17, 15) is 0 Å². The van der Waals surface area contributed by atoms with Crippen LogP contribution in [-0.2, 0) is 13.0 Å². The molecule has 110 valence electrons. The highest BCUT2D eigenvalue weighted by atomic mass is 14.9. The number of aromatic nitrogens is 1. The van der Waals surface area contributed by atoms with Gasteiger partial charge in [0.05, 0.1) is 0 Å². The molecule has 0 aliphatic carbocycles. The SMILES string of the molecule is CCCCCCCCCCn1ccc(CCCC)c1. The Morgan fingerprint density at radius 2 is 1.42 bits per heavy atom. The second kappa shape index (κ2) is 11.1. The molecule has 19 heavy (non-hydrogen) atoms. The molecule has 0 spiro atoms. The van der Waals surface area contributed by atoms with Crippen LogP contribution in [0.3, 0.4) is 0 Å². The Balaban J connectivity index is 1.98. The maximum atomic E-state index is 2.38. The summed E-state index contributed by atoms with van der Waals surface area (Å²) in [5.41, 5.74) is 1.52. The van der Waals surface area contributed by atoms with Crippen LogP contribution in [0.5, 0.6) is 0 Å². The molecule has 0 radical (unpaired) electrons. The minimum absolute atomic E-state index is 1.21. The van der Waals surface area contributed by atoms with Crippen molar-refractivity contribution in [2.45, 2.75) is 91.0 Å². The van der Waals surface area contributed by atoms with E-state index in [1.165, 1.54) is 82.7 Å². The van der Waals surface area contributed by atoms with Crippen LogP contribution < -0.4 is 0 Å². The van der Waals surface area contributed by atoms with Gasteiger partial charge in [-0.3, -0.25) is 0 Å². The maximum absolute atomic E-state index is 2.38. The summed E-state index contributed by atoms with van der Waals surface area (Å²) >= 11 is 0. The molecule has 1 nitrogen and oxygen atoms in total. The maximum Gasteiger partial charge on any atom is 0.0219 e. The summed E-state index contributed by atoms with van der Waals surface area (Å²) in [5.74, 6) is 0. The first kappa shape index (κ1) is 16.3. The second-order valence-electron chi connectivity index (χ2n) is 5.84. The topological polar surface area (TPSA) is 4.93 Å². The van der Waals surface area contributed by atoms with Crippen LogP contribution in [0.25, 0.3) is 0 Å². The summed E-state index contributed by atoms with van der Waals surface area (Å²) in [6, 6.07) is 2.29. The molecule has 0 fully saturated rings. The van der Waals surface area contributed by atoms with Crippen molar-refractivity contribution in [3.05, 3.63) is 24.0 Å². The molecule has 0 N–H and O–H groups in total. The number of hydrogen-bond donors (Lipinski definition) is 0. The number of nitrogens with zero attached hydrogens (tertiary/aromatic N) is 1. The Labute approximate surface area is 120 Å². The molecular weight excluding hydrogens is 230 g/mol. The molecule has 0 amide bonds. The van der Waals surface area contributed by atoms with E-state index in [1.807, 2.05) is 0 Å². The highest BCUT2D eigenvalue weighted by Crippen LogP contribution is 2.11. The van der Waals surface area contributed by atoms with Gasteiger partial charge in [-0.1, -0.05) is 65.2 Å². The van der Waals surface area contributed by atoms with Crippen molar-refractivity contribution in [1.29, 1.82) is 0 Å². The first-order chi connectivity index (χ1) is 9.36. The van der Waals surface area contributed by atoms with E-state index in [1.54, 1.807) is 0 Å². The quantitative estimate of drug-likeness (QED) is 0.409. The lowest BCUT2D eigenvalue weighted by molar-refractivity contribution is 0.544. The molecule has 0 bridgehead atoms. The number of hydrogen-bond acceptors (Lipinski definition) is 0. The highest BCUT2D eigenvalue weighted by Gasteiger charge is 1.97. The molecule has 0 aliphatic rings. The normalized spacial score (nSPS) is 11.1. The molecule has 0 saturated heterocycles. The fourth-order valence-electron chi connectivity index (χ4n) is 2.59. The minimum atomic E-state index is 1.21. The van der Waals surface area contributed by atoms with E-state index < -0.39 is 0 Å². The van der Waals surface area contributed by atoms with Crippen molar-refractivity contribution in [1.82, 2.24) is 4.57 Å². The van der Waals surface area contributed by atoms with Gasteiger partial charge in [0.15, 0.2) is 0 Å². The van der Waals surface area contributed by atoms with Crippen molar-refractivity contribution in [3.8, 4) is 0 Å². The predicted octanol–water partition coefficient (Wildman–Crippen LogP) is 5.97. The van der Waals surface area contributed by atoms with E-state index in [4.69, 9.17) is 0 Å². The zero-order valence-corrected chi connectivity index (χ0v) is 13.2. The molecule has 1 aromatic heterocycles. The summed E-state index contributed by atoms with van der Waals surface area (Å²) in [4.78, 5) is 0. The van der Waals surface area contributed by atoms with Crippen LogP contribution in [0.2, 0.25) is 0 Å². The van der Waals surface area contributed by atoms with Crippen molar-refractivity contribution in [2.75, 3.05) is 0 Å². The first-order valence-corrected chi connectivity index (χ1v) is 8.51. The monoisotopic (exact) mass is 263 g/mol. The van der Waals surface area contributed by atoms with Crippen molar-refractivity contribution < 1.29 is 0 Å². The number of unbranched alkanes of at least 4 members (excludes halogenated alkanes) is 8. The summed E-state index contributed by atoms with van der Waals surface area (Å²) in [6.45, 7) is 5.75. The predicted molar refractivity (Wildman–Crippen MR) is 85.7 cm³/mol. The Morgan fingerprint density at radius 3 is 2.11 bits per heavy atom. The van der Waals surface area contributed by atoms with E-state index in [-0.39, 0.29) is 0 Å². The molecule has 1 rings (SSSR count). The third-order valence-electron chi connectivity index (χ3n) is 3.90. The number of aryl methyl sites for hydroxylation is 2. The van der Waals surface area contributed by atoms with Crippen molar-refractivity contribution in [3.63, 3.8) is 0 Å². The Hall–Kier alpha value is -0.720. The molecular formula is C18H33N. The average Bonchev–Trinajstić information content (AvgIpc) is 2.87. The van der Waals surface area contributed by atoms with Gasteiger partial charge in [-0.05, 0) is 30.9 Å². The Bertz CT molecular complexity index is 300. The molecule has 1 aromatic rings. The molecule has 0 atom stereocenters. The minimum Gasteiger partial charge on any atom is -0.354 e. The molecule has 0 saturated carbocycles. The van der Waals surface area contributed by atoms with Crippen LogP contribution in [0.1, 0.15) is 83.6 Å². The lowest BCUT2D eigenvalue weighted by atomic mass is 10.1. The largest absolute Gasteiger partial charge is 0.354 e. The molecule has 1 heterocycles. The first-order valence-electron chi connectivity index (χ1n) is 8.51. The van der Waals surface area contributed by atoms with Gasteiger partial charge in [-0.25, -0.2) is 0 Å². The van der Waals surface area contributed by atoms with Gasteiger partial charge < -0.3 is 4.57 Å². The smallest absolute Gasteiger partial charge is 0.0219 e. The van der Waals surface area contributed by atoms with Crippen LogP contribution in [0.15, 0.2) is 18.5 Å². The molecule has 1 heteroatoms. The fraction of sp³-hybridized carbons (Fsp3) is 0.778. The van der Waals surface area contributed by atoms with E-state index >= 15 is 0 Å². The summed E-state index contributed by atoms with van der Waals surface area (Å²) in [5, 5.41) is 0. The van der Waals surface area contributed by atoms with Crippen LogP contribution in [0, 0.1) is 0 Å². The average molecular weight is 263 g/mol. The standard InChI is InChI=1S/C18H33N/c1-3-5-7-8-9-10-11-12-15-19-16-14-18(17-19)13-6-4-2/h14,16-17H,3-13,15H2,1-2H3. The van der Waals surface area contributed by atoms with Gasteiger partial charge >= 0.3 is 0 Å². The fourth-order valence-corrected chi connectivity index (χ4v) is 2.59. The van der Waals surface area contributed by atoms with E-state index in [2.05, 4.69) is 36.9 Å². The van der Waals surface area contributed by atoms with Gasteiger partial charge in [-0.2, -0.15) is 0 Å². The van der Waals surface area contributed by atoms with Crippen molar-refractivity contribution >= 4 is 0 Å². The van der Waals surface area contributed by atoms with E-state index in [0.717, 1.165) is 0 Å². The summed E-state index contributed by atoms with van der Waals surface area (Å²) in [7, 11) is 0. The van der Waals surface area contributed by atoms with Gasteiger partial charge in [-0.15, -0.1) is 0 Å². The van der Waals surface area contributed by atoms with Crippen LogP contribution >= 0.6 is 0 Å². The highest BCUT2D eigenvalue weighted by molar-refractivity contribution is 5.10. The lowest BCUT2D eigenvalue weighted by Gasteiger charge is -2.03. The molecule has 0 aliphatic heterocycles. The molecule has 0 unspecified atom stereocenters. The zero-order chi connectivity index (χ0) is 13.8. The van der Waals surface area contributed by atoms with Gasteiger partial charge in [0, 0.05) is 18.9 Å². The lowest BCUT2D eigenvalue weighted by Crippen LogP contribution is -1.94. The molecule has 0 aromatic carbocycles. The number of rotatable bonds is 12. The van der Waals surface area contributed by atoms with E-state index in [0.29, 0.717) is 0 Å². The Kier molecular flexibility index (Phi) is 9.57. The zero-order valence-electron chi connectivity index (χ0n) is 13.2. The van der Waals surface area contributed by atoms with Gasteiger partial charge in [0.1, 0.15) is 0 Å². The van der Waals surface area contributed by atoms with Gasteiger partial charge in [0.25, 0.3) is 0 Å². The summed E-state index contributed by atoms with van der Waals surface area (Å²) < 4.78 is 2.38. The summed E-state index contributed by atoms with van der Waals surface area (Å²) in [6.07, 6.45) is 19.7. The third-order valence-corrected chi connectivity index (χ3v) is 3.90. The van der Waals surface area contributed by atoms with Crippen molar-refractivity contribution in [2.24, 2.45) is 0 Å². The van der Waals surface area contributed by atoms with Crippen LogP contribution in [0.4, 0.5) is 0 Å². The van der Waals surface area contributed by atoms with Crippen LogP contribution in [-0.4, -0.2) is 4.57 Å². The second-order valence-corrected chi connectivity index (χ2v) is 5.84. The van der Waals surface area contributed by atoms with Gasteiger partial charge in [0.2, 0.25) is 0 Å². The Morgan fingerprint density at radius 1 is 0.789 bits per heavy atom.